The van der Waals surface area contributed by atoms with Crippen molar-refractivity contribution in [3.8, 4) is 5.75 Å². The highest BCUT2D eigenvalue weighted by atomic mass is 35.5. The van der Waals surface area contributed by atoms with E-state index >= 15 is 0 Å². The maximum absolute atomic E-state index is 5.71. The molecule has 1 aromatic rings. The number of halogens is 1. The fraction of sp³-hybridized carbons (Fsp3) is 0.455. The molecule has 0 fully saturated rings. The van der Waals surface area contributed by atoms with Crippen LogP contribution in [0.3, 0.4) is 0 Å². The van der Waals surface area contributed by atoms with Crippen LogP contribution in [0.15, 0.2) is 24.3 Å². The average molecular weight is 214 g/mol. The van der Waals surface area contributed by atoms with Gasteiger partial charge in [-0.05, 0) is 42.3 Å². The first-order valence-electron chi connectivity index (χ1n) is 4.72. The first-order valence-corrected chi connectivity index (χ1v) is 5.06. The fourth-order valence-corrected chi connectivity index (χ4v) is 1.45. The van der Waals surface area contributed by atoms with Crippen LogP contribution in [0.4, 0.5) is 0 Å². The number of methoxy groups -OCH3 is 1. The van der Waals surface area contributed by atoms with E-state index in [0.29, 0.717) is 0 Å². The lowest BCUT2D eigenvalue weighted by molar-refractivity contribution is 0.414. The summed E-state index contributed by atoms with van der Waals surface area (Å²) in [6.45, 7) is 0.902. The van der Waals surface area contributed by atoms with Gasteiger partial charge in [0.15, 0.2) is 0 Å². The molecular weight excluding hydrogens is 198 g/mol. The highest BCUT2D eigenvalue weighted by Crippen LogP contribution is 2.13. The molecule has 0 saturated heterocycles. The monoisotopic (exact) mass is 213 g/mol. The lowest BCUT2D eigenvalue weighted by Crippen LogP contribution is -2.07. The van der Waals surface area contributed by atoms with E-state index in [1.807, 2.05) is 19.2 Å². The van der Waals surface area contributed by atoms with Crippen LogP contribution in [0.25, 0.3) is 0 Å². The molecule has 0 aliphatic rings. The van der Waals surface area contributed by atoms with Crippen molar-refractivity contribution in [3.05, 3.63) is 29.8 Å². The zero-order valence-electron chi connectivity index (χ0n) is 8.66. The van der Waals surface area contributed by atoms with E-state index in [1.165, 1.54) is 5.56 Å². The third-order valence-corrected chi connectivity index (χ3v) is 2.23. The van der Waals surface area contributed by atoms with E-state index in [-0.39, 0.29) is 0 Å². The normalized spacial score (nSPS) is 10.6. The Kier molecular flexibility index (Phi) is 4.77. The lowest BCUT2D eigenvalue weighted by atomic mass is 10.1. The van der Waals surface area contributed by atoms with Gasteiger partial charge < -0.3 is 4.74 Å². The van der Waals surface area contributed by atoms with Gasteiger partial charge in [-0.2, -0.15) is 0 Å². The predicted octanol–water partition coefficient (Wildman–Crippen LogP) is 2.71. The molecule has 0 aliphatic carbocycles. The summed E-state index contributed by atoms with van der Waals surface area (Å²) in [5.41, 5.74) is 1.29. The third-order valence-electron chi connectivity index (χ3n) is 2.07. The Morgan fingerprint density at radius 3 is 2.86 bits per heavy atom. The molecule has 0 amide bonds. The summed E-state index contributed by atoms with van der Waals surface area (Å²) in [6.07, 6.45) is 2.10. The van der Waals surface area contributed by atoms with Gasteiger partial charge in [0.05, 0.1) is 7.11 Å². The summed E-state index contributed by atoms with van der Waals surface area (Å²) in [5.74, 6) is 0.918. The molecular formula is C11H16ClNO. The number of hydrogen-bond donors (Lipinski definition) is 0. The maximum Gasteiger partial charge on any atom is 0.119 e. The van der Waals surface area contributed by atoms with E-state index in [1.54, 1.807) is 11.5 Å². The molecule has 0 N–H and O–H groups in total. The van der Waals surface area contributed by atoms with Gasteiger partial charge in [-0.3, -0.25) is 0 Å². The molecule has 0 bridgehead atoms. The van der Waals surface area contributed by atoms with Crippen LogP contribution in [0.2, 0.25) is 0 Å². The predicted molar refractivity (Wildman–Crippen MR) is 59.8 cm³/mol. The molecule has 0 aromatic heterocycles. The van der Waals surface area contributed by atoms with Crippen LogP contribution >= 0.6 is 11.8 Å². The zero-order valence-corrected chi connectivity index (χ0v) is 9.42. The molecule has 3 heteroatoms. The van der Waals surface area contributed by atoms with E-state index in [0.717, 1.165) is 25.1 Å². The van der Waals surface area contributed by atoms with E-state index in [2.05, 4.69) is 12.1 Å². The maximum atomic E-state index is 5.71. The van der Waals surface area contributed by atoms with Gasteiger partial charge in [0.25, 0.3) is 0 Å². The van der Waals surface area contributed by atoms with Crippen molar-refractivity contribution in [1.82, 2.24) is 4.42 Å². The van der Waals surface area contributed by atoms with E-state index in [4.69, 9.17) is 16.5 Å². The largest absolute Gasteiger partial charge is 0.497 e. The minimum atomic E-state index is 0.902. The lowest BCUT2D eigenvalue weighted by Gasteiger charge is -2.07. The Balaban J connectivity index is 2.42. The van der Waals surface area contributed by atoms with E-state index in [9.17, 15) is 0 Å². The van der Waals surface area contributed by atoms with Crippen LogP contribution in [0.5, 0.6) is 5.75 Å². The highest BCUT2D eigenvalue weighted by Gasteiger charge is 1.97. The van der Waals surface area contributed by atoms with E-state index < -0.39 is 0 Å². The molecule has 0 heterocycles. The van der Waals surface area contributed by atoms with Gasteiger partial charge in [-0.1, -0.05) is 12.1 Å². The Morgan fingerprint density at radius 2 is 2.21 bits per heavy atom. The van der Waals surface area contributed by atoms with Gasteiger partial charge in [0.2, 0.25) is 0 Å². The van der Waals surface area contributed by atoms with Crippen molar-refractivity contribution in [2.75, 3.05) is 20.7 Å². The van der Waals surface area contributed by atoms with Crippen LogP contribution in [0.1, 0.15) is 12.0 Å². The smallest absolute Gasteiger partial charge is 0.119 e. The Labute approximate surface area is 90.5 Å². The number of rotatable bonds is 5. The van der Waals surface area contributed by atoms with Gasteiger partial charge in [0.1, 0.15) is 5.75 Å². The van der Waals surface area contributed by atoms with Crippen molar-refractivity contribution < 1.29 is 4.74 Å². The molecule has 0 unspecified atom stereocenters. The average Bonchev–Trinajstić information content (AvgIpc) is 2.18. The summed E-state index contributed by atoms with van der Waals surface area (Å²) >= 11 is 5.71. The van der Waals surface area contributed by atoms with Gasteiger partial charge in [-0.15, -0.1) is 0 Å². The number of benzene rings is 1. The molecule has 0 spiro atoms. The van der Waals surface area contributed by atoms with Gasteiger partial charge in [-0.25, -0.2) is 4.42 Å². The molecule has 0 atom stereocenters. The number of aryl methyl sites for hydroxylation is 1. The SMILES string of the molecule is COc1cccc(CCCN(C)Cl)c1. The van der Waals surface area contributed by atoms with Gasteiger partial charge in [0, 0.05) is 13.6 Å². The second-order valence-corrected chi connectivity index (χ2v) is 3.86. The summed E-state index contributed by atoms with van der Waals surface area (Å²) in [6, 6.07) is 8.14. The number of nitrogens with zero attached hydrogens (tertiary/aromatic N) is 1. The van der Waals surface area contributed by atoms with Crippen LogP contribution in [-0.4, -0.2) is 25.1 Å². The van der Waals surface area contributed by atoms with Crippen LogP contribution in [-0.2, 0) is 6.42 Å². The highest BCUT2D eigenvalue weighted by molar-refractivity contribution is 6.13. The quantitative estimate of drug-likeness (QED) is 0.698. The van der Waals surface area contributed by atoms with Crippen molar-refractivity contribution >= 4 is 11.8 Å². The minimum Gasteiger partial charge on any atom is -0.497 e. The molecule has 2 nitrogen and oxygen atoms in total. The Morgan fingerprint density at radius 1 is 1.43 bits per heavy atom. The minimum absolute atomic E-state index is 0.902. The number of hydrogen-bond acceptors (Lipinski definition) is 2. The topological polar surface area (TPSA) is 12.5 Å². The molecule has 0 saturated carbocycles. The van der Waals surface area contributed by atoms with Crippen molar-refractivity contribution in [1.29, 1.82) is 0 Å². The standard InChI is InChI=1S/C11H16ClNO/c1-13(12)8-4-6-10-5-3-7-11(9-10)14-2/h3,5,7,9H,4,6,8H2,1-2H3. The third kappa shape index (κ3) is 3.99. The van der Waals surface area contributed by atoms with Crippen LogP contribution in [0, 0.1) is 0 Å². The number of ether oxygens (including phenoxy) is 1. The molecule has 1 aromatic carbocycles. The first kappa shape index (κ1) is 11.3. The second kappa shape index (κ2) is 5.89. The molecule has 78 valence electrons. The summed E-state index contributed by atoms with van der Waals surface area (Å²) in [4.78, 5) is 0. The Hall–Kier alpha value is -0.730. The summed E-state index contributed by atoms with van der Waals surface area (Å²) in [5, 5.41) is 0. The van der Waals surface area contributed by atoms with Crippen molar-refractivity contribution in [3.63, 3.8) is 0 Å². The van der Waals surface area contributed by atoms with Crippen molar-refractivity contribution in [2.45, 2.75) is 12.8 Å². The van der Waals surface area contributed by atoms with Gasteiger partial charge >= 0.3 is 0 Å². The first-order chi connectivity index (χ1) is 6.72. The molecule has 1 rings (SSSR count). The fourth-order valence-electron chi connectivity index (χ4n) is 1.33. The second-order valence-electron chi connectivity index (χ2n) is 3.28. The van der Waals surface area contributed by atoms with Crippen molar-refractivity contribution in [2.24, 2.45) is 0 Å². The molecule has 14 heavy (non-hydrogen) atoms. The Bertz CT molecular complexity index is 276. The molecule has 0 aliphatic heterocycles. The summed E-state index contributed by atoms with van der Waals surface area (Å²) in [7, 11) is 3.55. The molecule has 0 radical (unpaired) electrons. The van der Waals surface area contributed by atoms with Crippen LogP contribution < -0.4 is 4.74 Å². The summed E-state index contributed by atoms with van der Waals surface area (Å²) < 4.78 is 6.83. The zero-order chi connectivity index (χ0) is 10.4.